The number of hydrogen-bond acceptors (Lipinski definition) is 3. The molecular formula is C15H14FNO3S. The molecule has 0 saturated carbocycles. The second-order valence-corrected chi connectivity index (χ2v) is 5.63. The molecule has 2 rings (SSSR count). The van der Waals surface area contributed by atoms with Gasteiger partial charge >= 0.3 is 5.97 Å². The summed E-state index contributed by atoms with van der Waals surface area (Å²) in [5, 5.41) is 11.5. The number of benzene rings is 1. The van der Waals surface area contributed by atoms with Gasteiger partial charge in [-0.15, -0.1) is 11.3 Å². The Labute approximate surface area is 125 Å². The van der Waals surface area contributed by atoms with Crippen LogP contribution in [0, 0.1) is 12.7 Å². The van der Waals surface area contributed by atoms with E-state index in [4.69, 9.17) is 5.11 Å². The number of amides is 1. The van der Waals surface area contributed by atoms with Crippen molar-refractivity contribution in [1.82, 2.24) is 5.32 Å². The minimum absolute atomic E-state index is 0.134. The second kappa shape index (κ2) is 6.49. The van der Waals surface area contributed by atoms with Gasteiger partial charge in [-0.25, -0.2) is 9.18 Å². The third kappa shape index (κ3) is 3.88. The lowest BCUT2D eigenvalue weighted by Crippen LogP contribution is -2.25. The van der Waals surface area contributed by atoms with Crippen molar-refractivity contribution in [3.05, 3.63) is 57.0 Å². The SMILES string of the molecule is Cc1cc(F)ccc1CCNC(=O)c1ccc(C(=O)O)s1. The van der Waals surface area contributed by atoms with E-state index >= 15 is 0 Å². The summed E-state index contributed by atoms with van der Waals surface area (Å²) in [4.78, 5) is 23.1. The van der Waals surface area contributed by atoms with E-state index in [1.54, 1.807) is 6.07 Å². The number of nitrogens with one attached hydrogen (secondary N) is 1. The van der Waals surface area contributed by atoms with Crippen LogP contribution in [0.25, 0.3) is 0 Å². The maximum Gasteiger partial charge on any atom is 0.345 e. The van der Waals surface area contributed by atoms with Crippen molar-refractivity contribution in [2.24, 2.45) is 0 Å². The van der Waals surface area contributed by atoms with Crippen LogP contribution >= 0.6 is 11.3 Å². The molecule has 1 heterocycles. The summed E-state index contributed by atoms with van der Waals surface area (Å²) < 4.78 is 13.0. The van der Waals surface area contributed by atoms with Gasteiger partial charge in [-0.2, -0.15) is 0 Å². The summed E-state index contributed by atoms with van der Waals surface area (Å²) in [5.74, 6) is -1.62. The number of carbonyl (C=O) groups excluding carboxylic acids is 1. The first-order valence-corrected chi connectivity index (χ1v) is 7.15. The second-order valence-electron chi connectivity index (χ2n) is 4.55. The number of hydrogen-bond donors (Lipinski definition) is 2. The van der Waals surface area contributed by atoms with Gasteiger partial charge in [0.25, 0.3) is 5.91 Å². The molecular weight excluding hydrogens is 293 g/mol. The highest BCUT2D eigenvalue weighted by molar-refractivity contribution is 7.15. The summed E-state index contributed by atoms with van der Waals surface area (Å²) in [6, 6.07) is 7.45. The minimum atomic E-state index is -1.04. The van der Waals surface area contributed by atoms with Gasteiger partial charge < -0.3 is 10.4 Å². The zero-order valence-corrected chi connectivity index (χ0v) is 12.2. The van der Waals surface area contributed by atoms with Crippen molar-refractivity contribution < 1.29 is 19.1 Å². The first-order chi connectivity index (χ1) is 9.97. The van der Waals surface area contributed by atoms with Gasteiger partial charge in [0.1, 0.15) is 10.7 Å². The molecule has 2 aromatic rings. The third-order valence-corrected chi connectivity index (χ3v) is 4.10. The molecule has 0 fully saturated rings. The molecule has 1 aromatic carbocycles. The van der Waals surface area contributed by atoms with E-state index in [-0.39, 0.29) is 16.6 Å². The monoisotopic (exact) mass is 307 g/mol. The largest absolute Gasteiger partial charge is 0.477 e. The lowest BCUT2D eigenvalue weighted by Gasteiger charge is -2.07. The molecule has 4 nitrogen and oxygen atoms in total. The Bertz CT molecular complexity index is 681. The number of halogens is 1. The van der Waals surface area contributed by atoms with Crippen LogP contribution in [0.2, 0.25) is 0 Å². The number of carbonyl (C=O) groups is 2. The van der Waals surface area contributed by atoms with Crippen molar-refractivity contribution >= 4 is 23.2 Å². The molecule has 0 aliphatic carbocycles. The predicted octanol–water partition coefficient (Wildman–Crippen LogP) is 2.87. The summed E-state index contributed by atoms with van der Waals surface area (Å²) in [5.41, 5.74) is 1.81. The van der Waals surface area contributed by atoms with E-state index in [9.17, 15) is 14.0 Å². The van der Waals surface area contributed by atoms with Gasteiger partial charge in [-0.3, -0.25) is 4.79 Å². The molecule has 0 aliphatic rings. The van der Waals surface area contributed by atoms with Crippen molar-refractivity contribution in [1.29, 1.82) is 0 Å². The molecule has 21 heavy (non-hydrogen) atoms. The summed E-state index contributed by atoms with van der Waals surface area (Å²) in [6.07, 6.45) is 0.592. The smallest absolute Gasteiger partial charge is 0.345 e. The van der Waals surface area contributed by atoms with Gasteiger partial charge in [0.05, 0.1) is 4.88 Å². The zero-order chi connectivity index (χ0) is 15.4. The topological polar surface area (TPSA) is 66.4 Å². The molecule has 2 N–H and O–H groups in total. The highest BCUT2D eigenvalue weighted by atomic mass is 32.1. The first-order valence-electron chi connectivity index (χ1n) is 6.33. The van der Waals surface area contributed by atoms with E-state index in [2.05, 4.69) is 5.32 Å². The molecule has 0 saturated heterocycles. The highest BCUT2D eigenvalue weighted by Gasteiger charge is 2.12. The maximum absolute atomic E-state index is 13.0. The van der Waals surface area contributed by atoms with Crippen molar-refractivity contribution in [3.8, 4) is 0 Å². The van der Waals surface area contributed by atoms with Gasteiger partial charge in [-0.05, 0) is 48.7 Å². The van der Waals surface area contributed by atoms with Crippen LogP contribution in [0.15, 0.2) is 30.3 Å². The van der Waals surface area contributed by atoms with Crippen LogP contribution in [-0.2, 0) is 6.42 Å². The summed E-state index contributed by atoms with van der Waals surface area (Å²) in [6.45, 7) is 2.23. The molecule has 6 heteroatoms. The zero-order valence-electron chi connectivity index (χ0n) is 11.4. The number of thiophene rings is 1. The van der Waals surface area contributed by atoms with Crippen LogP contribution in [0.3, 0.4) is 0 Å². The average Bonchev–Trinajstić information content (AvgIpc) is 2.91. The van der Waals surface area contributed by atoms with Crippen LogP contribution in [0.1, 0.15) is 30.5 Å². The highest BCUT2D eigenvalue weighted by Crippen LogP contribution is 2.16. The molecule has 0 unspecified atom stereocenters. The first kappa shape index (κ1) is 15.2. The molecule has 1 amide bonds. The van der Waals surface area contributed by atoms with E-state index in [1.165, 1.54) is 24.3 Å². The number of rotatable bonds is 5. The van der Waals surface area contributed by atoms with Crippen LogP contribution in [-0.4, -0.2) is 23.5 Å². The van der Waals surface area contributed by atoms with Gasteiger partial charge in [-0.1, -0.05) is 6.07 Å². The van der Waals surface area contributed by atoms with E-state index in [0.29, 0.717) is 17.8 Å². The number of aryl methyl sites for hydroxylation is 1. The van der Waals surface area contributed by atoms with Crippen LogP contribution in [0.5, 0.6) is 0 Å². The van der Waals surface area contributed by atoms with Crippen LogP contribution in [0.4, 0.5) is 4.39 Å². The van der Waals surface area contributed by atoms with E-state index in [0.717, 1.165) is 22.5 Å². The number of aromatic carboxylic acids is 1. The fourth-order valence-corrected chi connectivity index (χ4v) is 2.67. The normalized spacial score (nSPS) is 10.4. The molecule has 0 atom stereocenters. The van der Waals surface area contributed by atoms with Gasteiger partial charge in [0.2, 0.25) is 0 Å². The molecule has 0 aliphatic heterocycles. The third-order valence-electron chi connectivity index (χ3n) is 3.03. The van der Waals surface area contributed by atoms with Crippen molar-refractivity contribution in [2.75, 3.05) is 6.54 Å². The minimum Gasteiger partial charge on any atom is -0.477 e. The molecule has 110 valence electrons. The lowest BCUT2D eigenvalue weighted by atomic mass is 10.1. The van der Waals surface area contributed by atoms with Gasteiger partial charge in [0.15, 0.2) is 0 Å². The Morgan fingerprint density at radius 3 is 2.57 bits per heavy atom. The van der Waals surface area contributed by atoms with E-state index in [1.807, 2.05) is 6.92 Å². The van der Waals surface area contributed by atoms with Gasteiger partial charge in [0, 0.05) is 6.54 Å². The molecule has 1 aromatic heterocycles. The quantitative estimate of drug-likeness (QED) is 0.892. The van der Waals surface area contributed by atoms with Crippen molar-refractivity contribution in [3.63, 3.8) is 0 Å². The van der Waals surface area contributed by atoms with Crippen LogP contribution < -0.4 is 5.32 Å². The Morgan fingerprint density at radius 1 is 1.24 bits per heavy atom. The number of carboxylic acids is 1. The predicted molar refractivity (Wildman–Crippen MR) is 78.5 cm³/mol. The summed E-state index contributed by atoms with van der Waals surface area (Å²) >= 11 is 0.939. The fourth-order valence-electron chi connectivity index (χ4n) is 1.91. The standard InChI is InChI=1S/C15H14FNO3S/c1-9-8-11(16)3-2-10(9)6-7-17-14(18)12-4-5-13(21-12)15(19)20/h2-5,8H,6-7H2,1H3,(H,17,18)(H,19,20). The Morgan fingerprint density at radius 2 is 1.95 bits per heavy atom. The average molecular weight is 307 g/mol. The van der Waals surface area contributed by atoms with E-state index < -0.39 is 5.97 Å². The fraction of sp³-hybridized carbons (Fsp3) is 0.200. The molecule has 0 bridgehead atoms. The number of carboxylic acid groups (broad SMARTS) is 1. The Kier molecular flexibility index (Phi) is 4.70. The Balaban J connectivity index is 1.90. The summed E-state index contributed by atoms with van der Waals surface area (Å²) in [7, 11) is 0. The Hall–Kier alpha value is -2.21. The maximum atomic E-state index is 13.0. The van der Waals surface area contributed by atoms with Crippen molar-refractivity contribution in [2.45, 2.75) is 13.3 Å². The molecule has 0 spiro atoms. The lowest BCUT2D eigenvalue weighted by molar-refractivity contribution is 0.0702. The molecule has 0 radical (unpaired) electrons.